The molecule has 1 amide bonds. The van der Waals surface area contributed by atoms with Gasteiger partial charge in [0.1, 0.15) is 12.1 Å². The van der Waals surface area contributed by atoms with Gasteiger partial charge >= 0.3 is 5.76 Å². The van der Waals surface area contributed by atoms with E-state index in [1.54, 1.807) is 4.57 Å². The quantitative estimate of drug-likeness (QED) is 0.482. The fourth-order valence-electron chi connectivity index (χ4n) is 4.90. The van der Waals surface area contributed by atoms with E-state index in [4.69, 9.17) is 13.9 Å². The smallest absolute Gasteiger partial charge is 0.408 e. The number of benzene rings is 2. The van der Waals surface area contributed by atoms with Gasteiger partial charge in [0.05, 0.1) is 30.8 Å². The molecular weight excluding hydrogens is 486 g/mol. The topological polar surface area (TPSA) is 122 Å². The van der Waals surface area contributed by atoms with Crippen LogP contribution in [0.15, 0.2) is 51.7 Å². The number of nitriles is 1. The van der Waals surface area contributed by atoms with Crippen LogP contribution >= 0.6 is 0 Å². The normalized spacial score (nSPS) is 21.5. The van der Waals surface area contributed by atoms with Crippen molar-refractivity contribution in [2.24, 2.45) is 0 Å². The van der Waals surface area contributed by atoms with Crippen LogP contribution in [-0.2, 0) is 27.2 Å². The van der Waals surface area contributed by atoms with E-state index in [1.807, 2.05) is 49.5 Å². The third kappa shape index (κ3) is 5.97. The number of carbonyl (C=O) groups is 1. The number of aromatic nitrogens is 1. The van der Waals surface area contributed by atoms with Crippen molar-refractivity contribution >= 4 is 17.0 Å². The molecule has 2 aromatic carbocycles. The van der Waals surface area contributed by atoms with Crippen LogP contribution in [0.2, 0.25) is 0 Å². The van der Waals surface area contributed by atoms with Gasteiger partial charge in [-0.25, -0.2) is 4.79 Å². The first-order chi connectivity index (χ1) is 18.5. The summed E-state index contributed by atoms with van der Waals surface area (Å²) in [4.78, 5) is 27.4. The third-order valence-electron chi connectivity index (χ3n) is 7.22. The number of oxazole rings is 1. The Morgan fingerprint density at radius 2 is 2.03 bits per heavy atom. The number of ether oxygens (including phenoxy) is 2. The Kier molecular flexibility index (Phi) is 8.20. The second-order valence-corrected chi connectivity index (χ2v) is 9.88. The maximum absolute atomic E-state index is 12.6. The minimum Gasteiger partial charge on any atom is -0.408 e. The molecule has 2 aliphatic rings. The first kappa shape index (κ1) is 26.1. The van der Waals surface area contributed by atoms with Crippen molar-refractivity contribution in [3.8, 4) is 17.2 Å². The van der Waals surface area contributed by atoms with Crippen LogP contribution in [0.5, 0.6) is 0 Å². The number of hydrogen-bond acceptors (Lipinski definition) is 8. The standard InChI is InChI=1S/C28H33N5O5/c1-32-10-12-36-18-23(32)17-33-24-14-21(7-8-25(24)38-28(33)35)20-5-3-19(4-6-20)13-22(15-29)31-27(34)26-16-30-9-2-11-37-26/h3-8,14,22-23,26,30H,2,9-13,16-18H2,1H3,(H,31,34)/t22-,23+,26-/m0/s1. The van der Waals surface area contributed by atoms with E-state index >= 15 is 0 Å². The molecule has 2 saturated heterocycles. The molecule has 2 aliphatic heterocycles. The highest BCUT2D eigenvalue weighted by Crippen LogP contribution is 2.25. The van der Waals surface area contributed by atoms with Crippen molar-refractivity contribution in [2.45, 2.75) is 37.6 Å². The molecule has 200 valence electrons. The average molecular weight is 520 g/mol. The van der Waals surface area contributed by atoms with Crippen LogP contribution in [0.1, 0.15) is 12.0 Å². The van der Waals surface area contributed by atoms with Crippen molar-refractivity contribution in [3.63, 3.8) is 0 Å². The summed E-state index contributed by atoms with van der Waals surface area (Å²) in [5.41, 5.74) is 4.16. The summed E-state index contributed by atoms with van der Waals surface area (Å²) >= 11 is 0. The molecular formula is C28H33N5O5. The van der Waals surface area contributed by atoms with Crippen molar-refractivity contribution in [1.29, 1.82) is 5.26 Å². The van der Waals surface area contributed by atoms with Gasteiger partial charge < -0.3 is 24.5 Å². The second-order valence-electron chi connectivity index (χ2n) is 9.88. The van der Waals surface area contributed by atoms with Gasteiger partial charge in [-0.15, -0.1) is 0 Å². The Bertz CT molecular complexity index is 1350. The number of likely N-dealkylation sites (N-methyl/N-ethyl adjacent to an activating group) is 1. The predicted molar refractivity (Wildman–Crippen MR) is 142 cm³/mol. The number of carbonyl (C=O) groups excluding carboxylic acids is 1. The Morgan fingerprint density at radius 3 is 2.82 bits per heavy atom. The number of nitrogens with zero attached hydrogens (tertiary/aromatic N) is 3. The minimum absolute atomic E-state index is 0.101. The number of nitrogens with one attached hydrogen (secondary N) is 2. The zero-order valence-electron chi connectivity index (χ0n) is 21.5. The SMILES string of the molecule is CN1CCOC[C@H]1Cn1c(=O)oc2ccc(-c3ccc(C[C@@H](C#N)NC(=O)[C@@H]4CNCCCO4)cc3)cc21. The molecule has 2 fully saturated rings. The zero-order valence-corrected chi connectivity index (χ0v) is 21.5. The van der Waals surface area contributed by atoms with Gasteiger partial charge in [0.15, 0.2) is 5.58 Å². The van der Waals surface area contributed by atoms with Gasteiger partial charge in [-0.3, -0.25) is 14.3 Å². The van der Waals surface area contributed by atoms with Crippen LogP contribution in [0.25, 0.3) is 22.2 Å². The summed E-state index contributed by atoms with van der Waals surface area (Å²) in [6.45, 7) is 4.38. The van der Waals surface area contributed by atoms with Crippen molar-refractivity contribution in [3.05, 3.63) is 58.6 Å². The highest BCUT2D eigenvalue weighted by Gasteiger charge is 2.24. The van der Waals surface area contributed by atoms with E-state index < -0.39 is 12.1 Å². The van der Waals surface area contributed by atoms with Crippen molar-refractivity contribution < 1.29 is 18.7 Å². The zero-order chi connectivity index (χ0) is 26.5. The first-order valence-corrected chi connectivity index (χ1v) is 13.0. The Labute approximate surface area is 221 Å². The molecule has 0 spiro atoms. The lowest BCUT2D eigenvalue weighted by molar-refractivity contribution is -0.132. The Hall–Kier alpha value is -3.49. The van der Waals surface area contributed by atoms with Crippen LogP contribution in [0.3, 0.4) is 0 Å². The maximum atomic E-state index is 12.6. The number of hydrogen-bond donors (Lipinski definition) is 2. The van der Waals surface area contributed by atoms with Crippen LogP contribution in [0.4, 0.5) is 0 Å². The van der Waals surface area contributed by atoms with Crippen LogP contribution in [-0.4, -0.2) is 80.1 Å². The monoisotopic (exact) mass is 519 g/mol. The molecule has 3 atom stereocenters. The summed E-state index contributed by atoms with van der Waals surface area (Å²) in [6, 6.07) is 15.2. The number of fused-ring (bicyclic) bond motifs is 1. The van der Waals surface area contributed by atoms with E-state index in [0.717, 1.165) is 41.7 Å². The van der Waals surface area contributed by atoms with Gasteiger partial charge in [-0.05, 0) is 48.8 Å². The second kappa shape index (κ2) is 11.9. The fourth-order valence-corrected chi connectivity index (χ4v) is 4.90. The highest BCUT2D eigenvalue weighted by molar-refractivity contribution is 5.82. The lowest BCUT2D eigenvalue weighted by Gasteiger charge is -2.32. The van der Waals surface area contributed by atoms with Crippen LogP contribution in [0, 0.1) is 11.3 Å². The van der Waals surface area contributed by atoms with Crippen LogP contribution < -0.4 is 16.4 Å². The summed E-state index contributed by atoms with van der Waals surface area (Å²) in [5.74, 6) is -0.644. The highest BCUT2D eigenvalue weighted by atomic mass is 16.5. The molecule has 0 bridgehead atoms. The van der Waals surface area contributed by atoms with Gasteiger partial charge in [0.2, 0.25) is 0 Å². The third-order valence-corrected chi connectivity index (χ3v) is 7.22. The molecule has 0 saturated carbocycles. The van der Waals surface area contributed by atoms with Gasteiger partial charge in [0.25, 0.3) is 5.91 Å². The van der Waals surface area contributed by atoms with E-state index in [9.17, 15) is 14.9 Å². The molecule has 0 radical (unpaired) electrons. The average Bonchev–Trinajstić information content (AvgIpc) is 3.09. The molecule has 3 heterocycles. The van der Waals surface area contributed by atoms with Gasteiger partial charge in [-0.2, -0.15) is 5.26 Å². The van der Waals surface area contributed by atoms with Gasteiger partial charge in [-0.1, -0.05) is 30.3 Å². The molecule has 2 N–H and O–H groups in total. The molecule has 0 unspecified atom stereocenters. The molecule has 1 aromatic heterocycles. The molecule has 10 heteroatoms. The number of morpholine rings is 1. The number of rotatable bonds is 7. The Balaban J connectivity index is 1.28. The lowest BCUT2D eigenvalue weighted by atomic mass is 10.0. The van der Waals surface area contributed by atoms with E-state index in [0.29, 0.717) is 44.9 Å². The molecule has 5 rings (SSSR count). The largest absolute Gasteiger partial charge is 0.420 e. The van der Waals surface area contributed by atoms with E-state index in [1.165, 1.54) is 0 Å². The molecule has 3 aromatic rings. The van der Waals surface area contributed by atoms with E-state index in [-0.39, 0.29) is 17.7 Å². The van der Waals surface area contributed by atoms with Crippen molar-refractivity contribution in [2.75, 3.05) is 46.5 Å². The minimum atomic E-state index is -0.654. The summed E-state index contributed by atoms with van der Waals surface area (Å²) in [6.07, 6.45) is 0.660. The van der Waals surface area contributed by atoms with Crippen molar-refractivity contribution in [1.82, 2.24) is 20.1 Å². The summed E-state index contributed by atoms with van der Waals surface area (Å²) < 4.78 is 18.4. The summed E-state index contributed by atoms with van der Waals surface area (Å²) in [7, 11) is 2.04. The lowest BCUT2D eigenvalue weighted by Crippen LogP contribution is -2.46. The first-order valence-electron chi connectivity index (χ1n) is 13.0. The molecule has 0 aliphatic carbocycles. The Morgan fingerprint density at radius 1 is 1.21 bits per heavy atom. The predicted octanol–water partition coefficient (Wildman–Crippen LogP) is 1.52. The summed E-state index contributed by atoms with van der Waals surface area (Å²) in [5, 5.41) is 15.6. The molecule has 38 heavy (non-hydrogen) atoms. The molecule has 10 nitrogen and oxygen atoms in total. The van der Waals surface area contributed by atoms with E-state index in [2.05, 4.69) is 21.6 Å². The number of amides is 1. The van der Waals surface area contributed by atoms with Gasteiger partial charge in [0, 0.05) is 32.7 Å². The fraction of sp³-hybridized carbons (Fsp3) is 0.464. The maximum Gasteiger partial charge on any atom is 0.420 e.